The Labute approximate surface area is 68.2 Å². The fourth-order valence-electron chi connectivity index (χ4n) is 0.583. The minimum atomic E-state index is -1.09. The van der Waals surface area contributed by atoms with Gasteiger partial charge in [0.1, 0.15) is 6.04 Å². The summed E-state index contributed by atoms with van der Waals surface area (Å²) in [5.74, 6) is -0.501. The van der Waals surface area contributed by atoms with Crippen molar-refractivity contribution >= 4 is 16.8 Å². The third kappa shape index (κ3) is 4.92. The van der Waals surface area contributed by atoms with Gasteiger partial charge in [0, 0.05) is 22.3 Å². The van der Waals surface area contributed by atoms with E-state index < -0.39 is 22.8 Å². The van der Waals surface area contributed by atoms with Crippen LogP contribution in [0.15, 0.2) is 0 Å². The highest BCUT2D eigenvalue weighted by Gasteiger charge is 2.13. The van der Waals surface area contributed by atoms with E-state index in [9.17, 15) is 9.00 Å². The lowest BCUT2D eigenvalue weighted by Crippen LogP contribution is -2.35. The standard InChI is InChI=1S/C6H13NO3S/c1-2-3-11(10)4-5(7)6(8)9/h5H,2-4,7H2,1H3,(H,8,9). The molecule has 2 unspecified atom stereocenters. The predicted molar refractivity (Wildman–Crippen MR) is 43.8 cm³/mol. The van der Waals surface area contributed by atoms with Gasteiger partial charge in [-0.1, -0.05) is 6.92 Å². The average Bonchev–Trinajstić information content (AvgIpc) is 1.87. The first-order valence-electron chi connectivity index (χ1n) is 3.41. The van der Waals surface area contributed by atoms with E-state index in [0.717, 1.165) is 6.42 Å². The zero-order chi connectivity index (χ0) is 8.85. The van der Waals surface area contributed by atoms with Gasteiger partial charge in [0.25, 0.3) is 0 Å². The fraction of sp³-hybridized carbons (Fsp3) is 0.833. The topological polar surface area (TPSA) is 80.4 Å². The van der Waals surface area contributed by atoms with Crippen molar-refractivity contribution in [1.29, 1.82) is 0 Å². The van der Waals surface area contributed by atoms with Crippen LogP contribution in [0.3, 0.4) is 0 Å². The second-order valence-corrected chi connectivity index (χ2v) is 3.88. The van der Waals surface area contributed by atoms with Gasteiger partial charge in [-0.3, -0.25) is 9.00 Å². The number of carboxylic acid groups (broad SMARTS) is 1. The molecule has 0 saturated carbocycles. The summed E-state index contributed by atoms with van der Waals surface area (Å²) in [5.41, 5.74) is 5.16. The smallest absolute Gasteiger partial charge is 0.321 e. The molecule has 5 heteroatoms. The van der Waals surface area contributed by atoms with Crippen LogP contribution in [0.2, 0.25) is 0 Å². The van der Waals surface area contributed by atoms with Gasteiger partial charge < -0.3 is 10.8 Å². The summed E-state index contributed by atoms with van der Waals surface area (Å²) in [6.45, 7) is 1.89. The Bertz CT molecular complexity index is 160. The van der Waals surface area contributed by atoms with Gasteiger partial charge in [-0.2, -0.15) is 0 Å². The molecule has 0 saturated heterocycles. The molecule has 0 aromatic rings. The van der Waals surface area contributed by atoms with Crippen LogP contribution < -0.4 is 5.73 Å². The maximum atomic E-state index is 10.9. The summed E-state index contributed by atoms with van der Waals surface area (Å²) >= 11 is 0. The van der Waals surface area contributed by atoms with Crippen molar-refractivity contribution in [3.05, 3.63) is 0 Å². The normalized spacial score (nSPS) is 15.8. The highest BCUT2D eigenvalue weighted by molar-refractivity contribution is 7.85. The van der Waals surface area contributed by atoms with E-state index >= 15 is 0 Å². The van der Waals surface area contributed by atoms with Gasteiger partial charge in [-0.15, -0.1) is 0 Å². The lowest BCUT2D eigenvalue weighted by molar-refractivity contribution is -0.137. The number of hydrogen-bond donors (Lipinski definition) is 2. The molecule has 11 heavy (non-hydrogen) atoms. The van der Waals surface area contributed by atoms with Gasteiger partial charge in [0.05, 0.1) is 0 Å². The summed E-state index contributed by atoms with van der Waals surface area (Å²) in [6, 6.07) is -0.984. The van der Waals surface area contributed by atoms with Gasteiger partial charge in [-0.25, -0.2) is 0 Å². The molecule has 0 aliphatic carbocycles. The number of nitrogens with two attached hydrogens (primary N) is 1. The van der Waals surface area contributed by atoms with Crippen LogP contribution in [-0.2, 0) is 15.6 Å². The molecule has 0 spiro atoms. The lowest BCUT2D eigenvalue weighted by Gasteiger charge is -2.04. The predicted octanol–water partition coefficient (Wildman–Crippen LogP) is -0.443. The number of rotatable bonds is 5. The number of carbonyl (C=O) groups is 1. The van der Waals surface area contributed by atoms with Crippen LogP contribution in [-0.4, -0.2) is 32.8 Å². The number of hydrogen-bond acceptors (Lipinski definition) is 3. The second-order valence-electron chi connectivity index (χ2n) is 2.26. The Morgan fingerprint density at radius 1 is 1.73 bits per heavy atom. The van der Waals surface area contributed by atoms with Crippen molar-refractivity contribution in [2.24, 2.45) is 5.73 Å². The van der Waals surface area contributed by atoms with E-state index in [-0.39, 0.29) is 5.75 Å². The van der Waals surface area contributed by atoms with Crippen molar-refractivity contribution in [2.45, 2.75) is 19.4 Å². The van der Waals surface area contributed by atoms with Gasteiger partial charge in [0.2, 0.25) is 0 Å². The Morgan fingerprint density at radius 3 is 2.64 bits per heavy atom. The zero-order valence-electron chi connectivity index (χ0n) is 6.45. The van der Waals surface area contributed by atoms with Gasteiger partial charge in [-0.05, 0) is 6.42 Å². The summed E-state index contributed by atoms with van der Waals surface area (Å²) in [5, 5.41) is 8.34. The van der Waals surface area contributed by atoms with Crippen LogP contribution in [0.5, 0.6) is 0 Å². The molecule has 2 atom stereocenters. The SMILES string of the molecule is CCCS(=O)CC(N)C(=O)O. The maximum Gasteiger partial charge on any atom is 0.321 e. The third-order valence-corrected chi connectivity index (χ3v) is 2.71. The zero-order valence-corrected chi connectivity index (χ0v) is 7.26. The van der Waals surface area contributed by atoms with Gasteiger partial charge in [0.15, 0.2) is 0 Å². The van der Waals surface area contributed by atoms with E-state index in [2.05, 4.69) is 0 Å². The van der Waals surface area contributed by atoms with E-state index in [1.165, 1.54) is 0 Å². The first kappa shape index (κ1) is 10.6. The highest BCUT2D eigenvalue weighted by Crippen LogP contribution is 1.90. The molecule has 0 bridgehead atoms. The molecule has 0 rings (SSSR count). The summed E-state index contributed by atoms with van der Waals surface area (Å²) < 4.78 is 10.9. The molecule has 0 fully saturated rings. The number of carboxylic acids is 1. The van der Waals surface area contributed by atoms with E-state index in [1.54, 1.807) is 0 Å². The molecule has 0 aromatic carbocycles. The first-order chi connectivity index (χ1) is 5.07. The molecule has 0 aliphatic heterocycles. The van der Waals surface area contributed by atoms with Crippen molar-refractivity contribution in [3.63, 3.8) is 0 Å². The molecule has 4 nitrogen and oxygen atoms in total. The van der Waals surface area contributed by atoms with Crippen molar-refractivity contribution in [1.82, 2.24) is 0 Å². The quantitative estimate of drug-likeness (QED) is 0.599. The molecular weight excluding hydrogens is 166 g/mol. The Hall–Kier alpha value is -0.420. The minimum absolute atomic E-state index is 0.0587. The van der Waals surface area contributed by atoms with Crippen LogP contribution in [0.4, 0.5) is 0 Å². The van der Waals surface area contributed by atoms with Crippen LogP contribution >= 0.6 is 0 Å². The minimum Gasteiger partial charge on any atom is -0.480 e. The number of aliphatic carboxylic acids is 1. The van der Waals surface area contributed by atoms with Crippen molar-refractivity contribution < 1.29 is 14.1 Å². The summed E-state index contributed by atoms with van der Waals surface area (Å²) in [6.07, 6.45) is 0.791. The molecule has 0 heterocycles. The Balaban J connectivity index is 3.66. The Morgan fingerprint density at radius 2 is 2.27 bits per heavy atom. The van der Waals surface area contributed by atoms with E-state index in [1.807, 2.05) is 6.92 Å². The molecule has 3 N–H and O–H groups in total. The second kappa shape index (κ2) is 5.26. The molecule has 66 valence electrons. The first-order valence-corrected chi connectivity index (χ1v) is 4.90. The summed E-state index contributed by atoms with van der Waals surface area (Å²) in [4.78, 5) is 10.2. The molecule has 0 radical (unpaired) electrons. The fourth-order valence-corrected chi connectivity index (χ4v) is 1.75. The largest absolute Gasteiger partial charge is 0.480 e. The van der Waals surface area contributed by atoms with E-state index in [4.69, 9.17) is 10.8 Å². The molecular formula is C6H13NO3S. The monoisotopic (exact) mass is 179 g/mol. The van der Waals surface area contributed by atoms with Crippen molar-refractivity contribution in [3.8, 4) is 0 Å². The van der Waals surface area contributed by atoms with Crippen LogP contribution in [0, 0.1) is 0 Å². The van der Waals surface area contributed by atoms with Crippen LogP contribution in [0.1, 0.15) is 13.3 Å². The summed E-state index contributed by atoms with van der Waals surface area (Å²) in [7, 11) is -1.08. The Kier molecular flexibility index (Phi) is 5.06. The van der Waals surface area contributed by atoms with Crippen LogP contribution in [0.25, 0.3) is 0 Å². The highest BCUT2D eigenvalue weighted by atomic mass is 32.2. The van der Waals surface area contributed by atoms with Crippen molar-refractivity contribution in [2.75, 3.05) is 11.5 Å². The molecule has 0 aromatic heterocycles. The van der Waals surface area contributed by atoms with Gasteiger partial charge >= 0.3 is 5.97 Å². The average molecular weight is 179 g/mol. The molecule has 0 aliphatic rings. The maximum absolute atomic E-state index is 10.9. The molecule has 0 amide bonds. The van der Waals surface area contributed by atoms with E-state index in [0.29, 0.717) is 5.75 Å². The lowest BCUT2D eigenvalue weighted by atomic mass is 10.4. The third-order valence-electron chi connectivity index (χ3n) is 1.11.